The molecule has 0 N–H and O–H groups in total. The highest BCUT2D eigenvalue weighted by Crippen LogP contribution is 2.28. The van der Waals surface area contributed by atoms with Crippen LogP contribution in [0.4, 0.5) is 0 Å². The summed E-state index contributed by atoms with van der Waals surface area (Å²) in [6.45, 7) is 10.6. The molecule has 0 aliphatic carbocycles. The van der Waals surface area contributed by atoms with Crippen molar-refractivity contribution < 1.29 is 4.74 Å². The Bertz CT molecular complexity index is 356. The van der Waals surface area contributed by atoms with Crippen molar-refractivity contribution in [2.24, 2.45) is 0 Å². The summed E-state index contributed by atoms with van der Waals surface area (Å²) in [5.41, 5.74) is 2.71. The van der Waals surface area contributed by atoms with Crippen LogP contribution in [0.3, 0.4) is 0 Å². The second-order valence-corrected chi connectivity index (χ2v) is 5.70. The molecule has 0 aromatic carbocycles. The van der Waals surface area contributed by atoms with Crippen molar-refractivity contribution in [2.45, 2.75) is 52.0 Å². The molecule has 3 nitrogen and oxygen atoms in total. The second-order valence-electron chi connectivity index (χ2n) is 5.70. The molecule has 0 radical (unpaired) electrons. The van der Waals surface area contributed by atoms with E-state index in [0.717, 1.165) is 26.1 Å². The molecule has 1 aromatic rings. The zero-order chi connectivity index (χ0) is 11.8. The first-order valence-corrected chi connectivity index (χ1v) is 6.12. The van der Waals surface area contributed by atoms with Crippen molar-refractivity contribution in [3.63, 3.8) is 0 Å². The van der Waals surface area contributed by atoms with Gasteiger partial charge in [0, 0.05) is 19.4 Å². The molecule has 0 bridgehead atoms. The summed E-state index contributed by atoms with van der Waals surface area (Å²) >= 11 is 0. The lowest BCUT2D eigenvalue weighted by molar-refractivity contribution is 0.0661. The Morgan fingerprint density at radius 1 is 1.31 bits per heavy atom. The summed E-state index contributed by atoms with van der Waals surface area (Å²) in [5, 5.41) is 4.66. The van der Waals surface area contributed by atoms with E-state index in [2.05, 4.69) is 43.7 Å². The lowest BCUT2D eigenvalue weighted by atomic mass is 9.88. The van der Waals surface area contributed by atoms with E-state index in [9.17, 15) is 0 Å². The zero-order valence-corrected chi connectivity index (χ0v) is 10.8. The first-order valence-electron chi connectivity index (χ1n) is 6.12. The van der Waals surface area contributed by atoms with Crippen LogP contribution in [0.1, 0.15) is 50.9 Å². The van der Waals surface area contributed by atoms with E-state index >= 15 is 0 Å². The Hall–Kier alpha value is -0.830. The molecule has 0 amide bonds. The molecule has 16 heavy (non-hydrogen) atoms. The summed E-state index contributed by atoms with van der Waals surface area (Å²) in [7, 11) is 0. The van der Waals surface area contributed by atoms with Gasteiger partial charge < -0.3 is 4.74 Å². The van der Waals surface area contributed by atoms with Gasteiger partial charge in [-0.2, -0.15) is 5.10 Å². The first-order chi connectivity index (χ1) is 7.48. The quantitative estimate of drug-likeness (QED) is 0.730. The third-order valence-electron chi connectivity index (χ3n) is 3.29. The standard InChI is InChI=1S/C13H22N2O/c1-10-12(13(2,3)4)9-15(14-10)11-5-7-16-8-6-11/h9,11H,5-8H2,1-4H3. The summed E-state index contributed by atoms with van der Waals surface area (Å²) in [6, 6.07) is 0.531. The molecule has 3 heteroatoms. The normalized spacial score (nSPS) is 19.0. The van der Waals surface area contributed by atoms with Gasteiger partial charge in [0.05, 0.1) is 11.7 Å². The monoisotopic (exact) mass is 222 g/mol. The van der Waals surface area contributed by atoms with Crippen molar-refractivity contribution in [3.8, 4) is 0 Å². The van der Waals surface area contributed by atoms with Crippen LogP contribution in [0, 0.1) is 6.92 Å². The van der Waals surface area contributed by atoms with Crippen LogP contribution in [0.25, 0.3) is 0 Å². The van der Waals surface area contributed by atoms with Gasteiger partial charge in [-0.25, -0.2) is 0 Å². The fourth-order valence-corrected chi connectivity index (χ4v) is 2.35. The molecular weight excluding hydrogens is 200 g/mol. The molecule has 2 rings (SSSR count). The molecule has 1 fully saturated rings. The molecule has 0 unspecified atom stereocenters. The van der Waals surface area contributed by atoms with Crippen LogP contribution in [0.2, 0.25) is 0 Å². The Balaban J connectivity index is 2.23. The molecule has 1 aromatic heterocycles. The van der Waals surface area contributed by atoms with Crippen LogP contribution >= 0.6 is 0 Å². The van der Waals surface area contributed by atoms with Crippen molar-refractivity contribution in [1.82, 2.24) is 9.78 Å². The maximum Gasteiger partial charge on any atom is 0.0631 e. The maximum atomic E-state index is 5.38. The molecule has 90 valence electrons. The fourth-order valence-electron chi connectivity index (χ4n) is 2.35. The minimum absolute atomic E-state index is 0.188. The number of hydrogen-bond acceptors (Lipinski definition) is 2. The van der Waals surface area contributed by atoms with Gasteiger partial charge in [0.2, 0.25) is 0 Å². The summed E-state index contributed by atoms with van der Waals surface area (Å²) in [5.74, 6) is 0. The summed E-state index contributed by atoms with van der Waals surface area (Å²) < 4.78 is 7.54. The molecule has 1 aliphatic rings. The largest absolute Gasteiger partial charge is 0.381 e. The van der Waals surface area contributed by atoms with E-state index in [0.29, 0.717) is 6.04 Å². The van der Waals surface area contributed by atoms with Crippen LogP contribution in [0.15, 0.2) is 6.20 Å². The van der Waals surface area contributed by atoms with Crippen LogP contribution < -0.4 is 0 Å². The lowest BCUT2D eigenvalue weighted by Gasteiger charge is -2.22. The Morgan fingerprint density at radius 3 is 2.44 bits per heavy atom. The van der Waals surface area contributed by atoms with Crippen LogP contribution in [0.5, 0.6) is 0 Å². The predicted molar refractivity (Wildman–Crippen MR) is 64.8 cm³/mol. The number of rotatable bonds is 1. The Morgan fingerprint density at radius 2 is 1.94 bits per heavy atom. The summed E-state index contributed by atoms with van der Waals surface area (Å²) in [6.07, 6.45) is 4.40. The van der Waals surface area contributed by atoms with Gasteiger partial charge in [-0.05, 0) is 30.7 Å². The van der Waals surface area contributed by atoms with E-state index in [1.165, 1.54) is 11.3 Å². The number of nitrogens with zero attached hydrogens (tertiary/aromatic N) is 2. The fraction of sp³-hybridized carbons (Fsp3) is 0.769. The average Bonchev–Trinajstić information content (AvgIpc) is 2.61. The average molecular weight is 222 g/mol. The van der Waals surface area contributed by atoms with E-state index in [1.54, 1.807) is 0 Å². The number of aromatic nitrogens is 2. The highest BCUT2D eigenvalue weighted by atomic mass is 16.5. The third kappa shape index (κ3) is 2.29. The smallest absolute Gasteiger partial charge is 0.0631 e. The topological polar surface area (TPSA) is 27.1 Å². The molecule has 0 saturated carbocycles. The third-order valence-corrected chi connectivity index (χ3v) is 3.29. The van der Waals surface area contributed by atoms with Crippen molar-refractivity contribution in [3.05, 3.63) is 17.5 Å². The van der Waals surface area contributed by atoms with E-state index < -0.39 is 0 Å². The molecule has 1 aliphatic heterocycles. The molecule has 1 saturated heterocycles. The highest BCUT2D eigenvalue weighted by molar-refractivity contribution is 5.24. The van der Waals surface area contributed by atoms with Gasteiger partial charge in [0.1, 0.15) is 0 Å². The van der Waals surface area contributed by atoms with Gasteiger partial charge in [-0.3, -0.25) is 4.68 Å². The van der Waals surface area contributed by atoms with Crippen LogP contribution in [-0.2, 0) is 10.2 Å². The number of ether oxygens (including phenoxy) is 1. The zero-order valence-electron chi connectivity index (χ0n) is 10.8. The van der Waals surface area contributed by atoms with E-state index in [1.807, 2.05) is 0 Å². The SMILES string of the molecule is Cc1nn(C2CCOCC2)cc1C(C)(C)C. The summed E-state index contributed by atoms with van der Waals surface area (Å²) in [4.78, 5) is 0. The second kappa shape index (κ2) is 4.21. The lowest BCUT2D eigenvalue weighted by Crippen LogP contribution is -2.20. The van der Waals surface area contributed by atoms with Crippen LogP contribution in [-0.4, -0.2) is 23.0 Å². The minimum atomic E-state index is 0.188. The number of hydrogen-bond donors (Lipinski definition) is 0. The molecule has 0 atom stereocenters. The molecular formula is C13H22N2O. The molecule has 2 heterocycles. The van der Waals surface area contributed by atoms with Gasteiger partial charge in [0.25, 0.3) is 0 Å². The minimum Gasteiger partial charge on any atom is -0.381 e. The Labute approximate surface area is 97.8 Å². The van der Waals surface area contributed by atoms with Gasteiger partial charge in [0.15, 0.2) is 0 Å². The van der Waals surface area contributed by atoms with E-state index in [-0.39, 0.29) is 5.41 Å². The highest BCUT2D eigenvalue weighted by Gasteiger charge is 2.23. The van der Waals surface area contributed by atoms with Crippen molar-refractivity contribution in [1.29, 1.82) is 0 Å². The van der Waals surface area contributed by atoms with Gasteiger partial charge >= 0.3 is 0 Å². The van der Waals surface area contributed by atoms with Gasteiger partial charge in [-0.1, -0.05) is 20.8 Å². The van der Waals surface area contributed by atoms with E-state index in [4.69, 9.17) is 4.74 Å². The predicted octanol–water partition coefficient (Wildman–Crippen LogP) is 2.84. The first kappa shape index (κ1) is 11.6. The van der Waals surface area contributed by atoms with Gasteiger partial charge in [-0.15, -0.1) is 0 Å². The molecule has 0 spiro atoms. The number of aryl methyl sites for hydroxylation is 1. The maximum absolute atomic E-state index is 5.38. The van der Waals surface area contributed by atoms with Crippen molar-refractivity contribution >= 4 is 0 Å². The Kier molecular flexibility index (Phi) is 3.06. The van der Waals surface area contributed by atoms with Crippen molar-refractivity contribution in [2.75, 3.05) is 13.2 Å².